The van der Waals surface area contributed by atoms with Crippen molar-refractivity contribution < 1.29 is 80.2 Å². The van der Waals surface area contributed by atoms with Gasteiger partial charge in [0, 0.05) is 25.7 Å². The highest BCUT2D eigenvalue weighted by Gasteiger charge is 2.30. The number of allylic oxidation sites excluding steroid dienone is 12. The molecule has 0 spiro atoms. The number of hydrogen-bond acceptors (Lipinski definition) is 15. The summed E-state index contributed by atoms with van der Waals surface area (Å²) < 4.78 is 68.3. The SMILES string of the molecule is CC/C=C\C/C=C\C/C=C\C/C=C\CCCCC(=O)OCC(COP(=O)(O)OCC(O)COP(=O)(O)OCC(COC(=O)CCCCCCC/C=C\CCCCCCCC)OC(=O)CCCCCCCCCCCCC)OC(=O)CCCCCCC/C=C\CCCCCC. The standard InChI is InChI=1S/C75H134O17P2/c1-5-9-13-17-21-25-29-32-34-37-40-43-47-51-55-59-72(77)85-65-70(91-74(79)61-57-53-49-45-39-28-24-20-16-12-8-4)67-89-93(81,82)87-63-69(76)64-88-94(83,84)90-68-71(92-75(80)62-58-54-50-46-42-36-31-27-23-19-15-11-7-3)66-86-73(78)60-56-52-48-44-41-38-35-33-30-26-22-18-14-10-6-2/h10,14,22,26-27,31-35,41,44,69-71,76H,5-9,11-13,15-21,23-25,28-30,36-40,42-43,45-68H2,1-4H3,(H,81,82)(H,83,84)/b14-10-,26-22-,31-27-,34-32-,35-33-,44-41-. The summed E-state index contributed by atoms with van der Waals surface area (Å²) >= 11 is 0. The van der Waals surface area contributed by atoms with Gasteiger partial charge in [0.15, 0.2) is 12.2 Å². The summed E-state index contributed by atoms with van der Waals surface area (Å²) in [6, 6.07) is 0. The van der Waals surface area contributed by atoms with Crippen LogP contribution < -0.4 is 0 Å². The number of hydrogen-bond donors (Lipinski definition) is 3. The van der Waals surface area contributed by atoms with E-state index in [1.165, 1.54) is 103 Å². The summed E-state index contributed by atoms with van der Waals surface area (Å²) in [4.78, 5) is 72.7. The Morgan fingerprint density at radius 2 is 0.553 bits per heavy atom. The molecular weight excluding hydrogens is 1230 g/mol. The van der Waals surface area contributed by atoms with Gasteiger partial charge in [-0.1, -0.05) is 255 Å². The van der Waals surface area contributed by atoms with Crippen LogP contribution in [0.1, 0.15) is 323 Å². The number of phosphoric ester groups is 2. The van der Waals surface area contributed by atoms with E-state index in [9.17, 15) is 43.2 Å². The summed E-state index contributed by atoms with van der Waals surface area (Å²) in [5, 5.41) is 10.6. The minimum atomic E-state index is -4.98. The molecule has 0 aromatic heterocycles. The summed E-state index contributed by atoms with van der Waals surface area (Å²) in [6.07, 6.45) is 66.2. The van der Waals surface area contributed by atoms with Gasteiger partial charge >= 0.3 is 39.5 Å². The fourth-order valence-electron chi connectivity index (χ4n) is 9.97. The van der Waals surface area contributed by atoms with Crippen LogP contribution in [0.15, 0.2) is 72.9 Å². The number of ether oxygens (including phenoxy) is 4. The number of aliphatic hydroxyl groups excluding tert-OH is 1. The molecule has 3 N–H and O–H groups in total. The lowest BCUT2D eigenvalue weighted by atomic mass is 10.1. The van der Waals surface area contributed by atoms with Gasteiger partial charge in [-0.2, -0.15) is 0 Å². The summed E-state index contributed by atoms with van der Waals surface area (Å²) in [5.74, 6) is -2.22. The maximum Gasteiger partial charge on any atom is 0.472 e. The zero-order chi connectivity index (χ0) is 69.0. The van der Waals surface area contributed by atoms with Crippen molar-refractivity contribution in [3.05, 3.63) is 72.9 Å². The van der Waals surface area contributed by atoms with Crippen molar-refractivity contribution in [2.45, 2.75) is 341 Å². The minimum absolute atomic E-state index is 0.0777. The van der Waals surface area contributed by atoms with Crippen LogP contribution in [0.25, 0.3) is 0 Å². The van der Waals surface area contributed by atoms with Crippen LogP contribution in [0.2, 0.25) is 0 Å². The Morgan fingerprint density at radius 3 is 0.894 bits per heavy atom. The molecule has 94 heavy (non-hydrogen) atoms. The van der Waals surface area contributed by atoms with E-state index in [0.29, 0.717) is 25.7 Å². The van der Waals surface area contributed by atoms with Gasteiger partial charge in [-0.15, -0.1) is 0 Å². The van der Waals surface area contributed by atoms with Crippen molar-refractivity contribution in [3.8, 4) is 0 Å². The lowest BCUT2D eigenvalue weighted by molar-refractivity contribution is -0.161. The lowest BCUT2D eigenvalue weighted by Gasteiger charge is -2.21. The minimum Gasteiger partial charge on any atom is -0.462 e. The molecule has 0 radical (unpaired) electrons. The zero-order valence-electron chi connectivity index (χ0n) is 59.4. The first kappa shape index (κ1) is 90.5. The summed E-state index contributed by atoms with van der Waals surface area (Å²) in [5.41, 5.74) is 0. The molecule has 0 rings (SSSR count). The van der Waals surface area contributed by atoms with E-state index in [0.717, 1.165) is 141 Å². The fourth-order valence-corrected chi connectivity index (χ4v) is 11.5. The van der Waals surface area contributed by atoms with Gasteiger partial charge in [0.05, 0.1) is 26.4 Å². The Hall–Kier alpha value is -3.50. The molecule has 0 aliphatic heterocycles. The molecule has 0 heterocycles. The number of aliphatic hydroxyl groups is 1. The molecule has 546 valence electrons. The molecule has 0 amide bonds. The third-order valence-corrected chi connectivity index (χ3v) is 17.6. The fraction of sp³-hybridized carbons (Fsp3) is 0.787. The largest absolute Gasteiger partial charge is 0.472 e. The first-order valence-corrected chi connectivity index (χ1v) is 40.2. The average molecular weight is 1370 g/mol. The van der Waals surface area contributed by atoms with Crippen LogP contribution in [0, 0.1) is 0 Å². The molecule has 17 nitrogen and oxygen atoms in total. The average Bonchev–Trinajstić information content (AvgIpc) is 1.55. The van der Waals surface area contributed by atoms with E-state index >= 15 is 0 Å². The smallest absolute Gasteiger partial charge is 0.462 e. The number of rotatable bonds is 70. The van der Waals surface area contributed by atoms with Gasteiger partial charge < -0.3 is 33.8 Å². The number of phosphoric acid groups is 2. The predicted molar refractivity (Wildman–Crippen MR) is 381 cm³/mol. The van der Waals surface area contributed by atoms with E-state index in [1.807, 2.05) is 0 Å². The number of unbranched alkanes of at least 4 members (excludes halogenated alkanes) is 32. The van der Waals surface area contributed by atoms with Crippen molar-refractivity contribution in [3.63, 3.8) is 0 Å². The Kier molecular flexibility index (Phi) is 65.5. The van der Waals surface area contributed by atoms with Crippen molar-refractivity contribution in [2.24, 2.45) is 0 Å². The van der Waals surface area contributed by atoms with Crippen molar-refractivity contribution in [2.75, 3.05) is 39.6 Å². The third kappa shape index (κ3) is 67.1. The maximum atomic E-state index is 13.0. The Labute approximate surface area is 571 Å². The second-order valence-corrected chi connectivity index (χ2v) is 27.8. The van der Waals surface area contributed by atoms with E-state index in [-0.39, 0.29) is 25.7 Å². The van der Waals surface area contributed by atoms with Crippen LogP contribution >= 0.6 is 15.6 Å². The van der Waals surface area contributed by atoms with Gasteiger partial charge in [-0.3, -0.25) is 37.3 Å². The van der Waals surface area contributed by atoms with Gasteiger partial charge in [0.2, 0.25) is 0 Å². The second kappa shape index (κ2) is 68.0. The Balaban J connectivity index is 5.34. The van der Waals surface area contributed by atoms with Gasteiger partial charge in [0.25, 0.3) is 0 Å². The molecule has 0 saturated heterocycles. The normalized spacial score (nSPS) is 14.4. The van der Waals surface area contributed by atoms with E-state index < -0.39 is 97.5 Å². The molecule has 5 unspecified atom stereocenters. The molecule has 0 saturated carbocycles. The highest BCUT2D eigenvalue weighted by Crippen LogP contribution is 2.45. The molecule has 19 heteroatoms. The highest BCUT2D eigenvalue weighted by atomic mass is 31.2. The van der Waals surface area contributed by atoms with Crippen LogP contribution in [-0.4, -0.2) is 96.7 Å². The van der Waals surface area contributed by atoms with E-state index in [2.05, 4.69) is 101 Å². The molecule has 0 aromatic carbocycles. The lowest BCUT2D eigenvalue weighted by Crippen LogP contribution is -2.30. The van der Waals surface area contributed by atoms with Crippen molar-refractivity contribution in [1.29, 1.82) is 0 Å². The molecule has 0 bridgehead atoms. The molecular formula is C75H134O17P2. The van der Waals surface area contributed by atoms with Crippen LogP contribution in [0.3, 0.4) is 0 Å². The number of esters is 4. The first-order valence-electron chi connectivity index (χ1n) is 37.2. The summed E-state index contributed by atoms with van der Waals surface area (Å²) in [6.45, 7) is 4.69. The van der Waals surface area contributed by atoms with Crippen LogP contribution in [0.4, 0.5) is 0 Å². The predicted octanol–water partition coefficient (Wildman–Crippen LogP) is 20.9. The van der Waals surface area contributed by atoms with Crippen molar-refractivity contribution >= 4 is 39.5 Å². The number of carbonyl (C=O) groups is 4. The van der Waals surface area contributed by atoms with Gasteiger partial charge in [-0.05, 0) is 116 Å². The quantitative estimate of drug-likeness (QED) is 0.0169. The zero-order valence-corrected chi connectivity index (χ0v) is 61.2. The number of carbonyl (C=O) groups excluding carboxylic acids is 4. The summed E-state index contributed by atoms with van der Waals surface area (Å²) in [7, 11) is -9.94. The van der Waals surface area contributed by atoms with Crippen molar-refractivity contribution in [1.82, 2.24) is 0 Å². The van der Waals surface area contributed by atoms with E-state index in [1.54, 1.807) is 0 Å². The Morgan fingerprint density at radius 1 is 0.309 bits per heavy atom. The topological polar surface area (TPSA) is 237 Å². The Bertz CT molecular complexity index is 2070. The monoisotopic (exact) mass is 1370 g/mol. The maximum absolute atomic E-state index is 13.0. The van der Waals surface area contributed by atoms with Gasteiger partial charge in [-0.25, -0.2) is 9.13 Å². The molecule has 5 atom stereocenters. The molecule has 0 aliphatic carbocycles. The van der Waals surface area contributed by atoms with Crippen LogP contribution in [0.5, 0.6) is 0 Å². The molecule has 0 aliphatic rings. The van der Waals surface area contributed by atoms with Gasteiger partial charge in [0.1, 0.15) is 19.3 Å². The molecule has 0 fully saturated rings. The van der Waals surface area contributed by atoms with E-state index in [4.69, 9.17) is 37.0 Å². The second-order valence-electron chi connectivity index (χ2n) is 24.9. The third-order valence-electron chi connectivity index (χ3n) is 15.7. The molecule has 0 aromatic rings. The highest BCUT2D eigenvalue weighted by molar-refractivity contribution is 7.47. The van der Waals surface area contributed by atoms with Crippen LogP contribution in [-0.2, 0) is 65.4 Å². The first-order chi connectivity index (χ1) is 45.7.